The van der Waals surface area contributed by atoms with Gasteiger partial charge < -0.3 is 10.2 Å². The standard InChI is InChI=1S/C18H21FN4O/c19-14-5-3-13(4-6-14)11-23(10-12-1-2-12)18(24)17-15-9-20-8-7-16(15)21-22-17/h3-6,12,20H,1-2,7-11H2,(H,21,22). The molecule has 5 nitrogen and oxygen atoms in total. The predicted octanol–water partition coefficient (Wildman–Crippen LogP) is 2.25. The Morgan fingerprint density at radius 1 is 1.29 bits per heavy atom. The average Bonchev–Trinajstić information content (AvgIpc) is 3.31. The normalized spacial score (nSPS) is 16.7. The molecule has 1 saturated carbocycles. The fraction of sp³-hybridized carbons (Fsp3) is 0.444. The zero-order valence-corrected chi connectivity index (χ0v) is 13.5. The average molecular weight is 328 g/mol. The third kappa shape index (κ3) is 3.19. The molecule has 0 unspecified atom stereocenters. The van der Waals surface area contributed by atoms with Gasteiger partial charge in [0, 0.05) is 43.9 Å². The molecule has 1 aromatic heterocycles. The van der Waals surface area contributed by atoms with E-state index in [0.717, 1.165) is 36.3 Å². The summed E-state index contributed by atoms with van der Waals surface area (Å²) in [5.41, 5.74) is 3.52. The van der Waals surface area contributed by atoms with E-state index < -0.39 is 0 Å². The SMILES string of the molecule is O=C(c1n[nH]c2c1CNCC2)N(Cc1ccc(F)cc1)CC1CC1. The van der Waals surface area contributed by atoms with Crippen LogP contribution in [0.1, 0.15) is 40.2 Å². The van der Waals surface area contributed by atoms with Crippen molar-refractivity contribution < 1.29 is 9.18 Å². The lowest BCUT2D eigenvalue weighted by atomic mass is 10.1. The Kier molecular flexibility index (Phi) is 4.06. The highest BCUT2D eigenvalue weighted by atomic mass is 19.1. The molecule has 0 radical (unpaired) electrons. The molecule has 1 aliphatic heterocycles. The van der Waals surface area contributed by atoms with E-state index in [2.05, 4.69) is 15.5 Å². The van der Waals surface area contributed by atoms with Crippen LogP contribution < -0.4 is 5.32 Å². The fourth-order valence-electron chi connectivity index (χ4n) is 3.19. The summed E-state index contributed by atoms with van der Waals surface area (Å²) >= 11 is 0. The number of amides is 1. The molecule has 2 N–H and O–H groups in total. The van der Waals surface area contributed by atoms with Crippen molar-refractivity contribution in [3.05, 3.63) is 52.6 Å². The van der Waals surface area contributed by atoms with Gasteiger partial charge in [0.25, 0.3) is 5.91 Å². The number of carbonyl (C=O) groups is 1. The van der Waals surface area contributed by atoms with E-state index in [0.29, 0.717) is 24.7 Å². The van der Waals surface area contributed by atoms with E-state index >= 15 is 0 Å². The van der Waals surface area contributed by atoms with Crippen LogP contribution in [0, 0.1) is 11.7 Å². The Morgan fingerprint density at radius 2 is 2.08 bits per heavy atom. The van der Waals surface area contributed by atoms with Crippen molar-refractivity contribution in [1.82, 2.24) is 20.4 Å². The van der Waals surface area contributed by atoms with Gasteiger partial charge in [0.1, 0.15) is 5.82 Å². The quantitative estimate of drug-likeness (QED) is 0.885. The molecule has 24 heavy (non-hydrogen) atoms. The maximum absolute atomic E-state index is 13.1. The molecule has 0 spiro atoms. The molecule has 2 aromatic rings. The summed E-state index contributed by atoms with van der Waals surface area (Å²) in [6.45, 7) is 2.82. The summed E-state index contributed by atoms with van der Waals surface area (Å²) < 4.78 is 13.1. The molecule has 6 heteroatoms. The number of rotatable bonds is 5. The minimum Gasteiger partial charge on any atom is -0.333 e. The van der Waals surface area contributed by atoms with Gasteiger partial charge in [-0.2, -0.15) is 5.10 Å². The molecular weight excluding hydrogens is 307 g/mol. The lowest BCUT2D eigenvalue weighted by Crippen LogP contribution is -2.34. The van der Waals surface area contributed by atoms with Crippen LogP contribution in [0.3, 0.4) is 0 Å². The molecule has 0 saturated heterocycles. The van der Waals surface area contributed by atoms with Gasteiger partial charge in [-0.25, -0.2) is 4.39 Å². The van der Waals surface area contributed by atoms with Crippen LogP contribution in [-0.2, 0) is 19.5 Å². The van der Waals surface area contributed by atoms with Crippen molar-refractivity contribution in [2.75, 3.05) is 13.1 Å². The Hall–Kier alpha value is -2.21. The van der Waals surface area contributed by atoms with Crippen LogP contribution in [-0.4, -0.2) is 34.1 Å². The highest BCUT2D eigenvalue weighted by Gasteiger charge is 2.30. The van der Waals surface area contributed by atoms with Gasteiger partial charge in [-0.05, 0) is 36.5 Å². The molecule has 1 fully saturated rings. The number of hydrogen-bond acceptors (Lipinski definition) is 3. The largest absolute Gasteiger partial charge is 0.333 e. The van der Waals surface area contributed by atoms with Crippen molar-refractivity contribution in [1.29, 1.82) is 0 Å². The molecule has 4 rings (SSSR count). The zero-order valence-electron chi connectivity index (χ0n) is 13.5. The predicted molar refractivity (Wildman–Crippen MR) is 87.9 cm³/mol. The minimum atomic E-state index is -0.258. The van der Waals surface area contributed by atoms with E-state index in [1.165, 1.54) is 25.0 Å². The van der Waals surface area contributed by atoms with E-state index in [1.807, 2.05) is 4.90 Å². The molecule has 1 amide bonds. The topological polar surface area (TPSA) is 61.0 Å². The summed E-state index contributed by atoms with van der Waals surface area (Å²) in [5.74, 6) is 0.293. The van der Waals surface area contributed by atoms with Crippen LogP contribution in [0.2, 0.25) is 0 Å². The van der Waals surface area contributed by atoms with Crippen LogP contribution in [0.15, 0.2) is 24.3 Å². The second kappa shape index (κ2) is 6.36. The first-order valence-electron chi connectivity index (χ1n) is 8.51. The summed E-state index contributed by atoms with van der Waals surface area (Å²) in [4.78, 5) is 14.9. The van der Waals surface area contributed by atoms with Gasteiger partial charge in [-0.3, -0.25) is 9.89 Å². The number of nitrogens with zero attached hydrogens (tertiary/aromatic N) is 2. The molecule has 0 atom stereocenters. The molecule has 0 bridgehead atoms. The molecule has 2 heterocycles. The fourth-order valence-corrected chi connectivity index (χ4v) is 3.19. The minimum absolute atomic E-state index is 0.0348. The number of hydrogen-bond donors (Lipinski definition) is 2. The Balaban J connectivity index is 1.57. The Morgan fingerprint density at radius 3 is 2.83 bits per heavy atom. The Bertz CT molecular complexity index is 736. The third-order valence-corrected chi connectivity index (χ3v) is 4.76. The first-order valence-corrected chi connectivity index (χ1v) is 8.51. The van der Waals surface area contributed by atoms with Crippen LogP contribution in [0.4, 0.5) is 4.39 Å². The summed E-state index contributed by atoms with van der Waals surface area (Å²) in [6.07, 6.45) is 3.22. The molecule has 1 aliphatic carbocycles. The van der Waals surface area contributed by atoms with Crippen LogP contribution in [0.5, 0.6) is 0 Å². The van der Waals surface area contributed by atoms with Gasteiger partial charge in [0.2, 0.25) is 0 Å². The lowest BCUT2D eigenvalue weighted by Gasteiger charge is -2.23. The van der Waals surface area contributed by atoms with Crippen molar-refractivity contribution in [2.24, 2.45) is 5.92 Å². The van der Waals surface area contributed by atoms with Gasteiger partial charge in [-0.1, -0.05) is 12.1 Å². The Labute approximate surface area is 140 Å². The monoisotopic (exact) mass is 328 g/mol. The first kappa shape index (κ1) is 15.3. The number of benzene rings is 1. The number of aromatic nitrogens is 2. The summed E-state index contributed by atoms with van der Waals surface area (Å²) in [6, 6.07) is 6.36. The number of H-pyrrole nitrogens is 1. The van der Waals surface area contributed by atoms with Crippen LogP contribution in [0.25, 0.3) is 0 Å². The van der Waals surface area contributed by atoms with E-state index in [1.54, 1.807) is 12.1 Å². The number of carbonyl (C=O) groups excluding carboxylic acids is 1. The third-order valence-electron chi connectivity index (χ3n) is 4.76. The zero-order chi connectivity index (χ0) is 16.5. The lowest BCUT2D eigenvalue weighted by molar-refractivity contribution is 0.0727. The highest BCUT2D eigenvalue weighted by Crippen LogP contribution is 2.31. The van der Waals surface area contributed by atoms with Gasteiger partial charge in [0.05, 0.1) is 0 Å². The van der Waals surface area contributed by atoms with E-state index in [4.69, 9.17) is 0 Å². The summed E-state index contributed by atoms with van der Waals surface area (Å²) in [5, 5.41) is 10.6. The molecule has 126 valence electrons. The van der Waals surface area contributed by atoms with Crippen molar-refractivity contribution in [2.45, 2.75) is 32.4 Å². The highest BCUT2D eigenvalue weighted by molar-refractivity contribution is 5.94. The van der Waals surface area contributed by atoms with Gasteiger partial charge in [0.15, 0.2) is 5.69 Å². The molecule has 1 aromatic carbocycles. The number of aromatic amines is 1. The van der Waals surface area contributed by atoms with Crippen LogP contribution >= 0.6 is 0 Å². The van der Waals surface area contributed by atoms with Crippen molar-refractivity contribution >= 4 is 5.91 Å². The van der Waals surface area contributed by atoms with Gasteiger partial charge in [-0.15, -0.1) is 0 Å². The van der Waals surface area contributed by atoms with Gasteiger partial charge >= 0.3 is 0 Å². The summed E-state index contributed by atoms with van der Waals surface area (Å²) in [7, 11) is 0. The smallest absolute Gasteiger partial charge is 0.275 e. The second-order valence-corrected chi connectivity index (χ2v) is 6.71. The van der Waals surface area contributed by atoms with E-state index in [-0.39, 0.29) is 11.7 Å². The first-order chi connectivity index (χ1) is 11.7. The molecule has 2 aliphatic rings. The maximum atomic E-state index is 13.1. The van der Waals surface area contributed by atoms with E-state index in [9.17, 15) is 9.18 Å². The molecular formula is C18H21FN4O. The maximum Gasteiger partial charge on any atom is 0.275 e. The van der Waals surface area contributed by atoms with Crippen molar-refractivity contribution in [3.63, 3.8) is 0 Å². The van der Waals surface area contributed by atoms with Crippen molar-refractivity contribution in [3.8, 4) is 0 Å². The second-order valence-electron chi connectivity index (χ2n) is 6.71. The number of fused-ring (bicyclic) bond motifs is 1. The number of nitrogens with one attached hydrogen (secondary N) is 2. The number of halogens is 1.